The lowest BCUT2D eigenvalue weighted by Crippen LogP contribution is -2.07. The second kappa shape index (κ2) is 3.08. The molecule has 1 rings (SSSR count). The number of alkyl halides is 3. The number of halogens is 3. The van der Waals surface area contributed by atoms with Crippen LogP contribution in [0.15, 0.2) is 12.4 Å². The Bertz CT molecular complexity index is 252. The summed E-state index contributed by atoms with van der Waals surface area (Å²) in [7, 11) is 0. The summed E-state index contributed by atoms with van der Waals surface area (Å²) < 4.78 is 35.8. The summed E-state index contributed by atoms with van der Waals surface area (Å²) in [6.07, 6.45) is -2.21. The van der Waals surface area contributed by atoms with Gasteiger partial charge >= 0.3 is 6.18 Å². The molecule has 0 aliphatic rings. The van der Waals surface area contributed by atoms with E-state index in [4.69, 9.17) is 0 Å². The van der Waals surface area contributed by atoms with E-state index in [1.165, 1.54) is 0 Å². The summed E-state index contributed by atoms with van der Waals surface area (Å²) in [5, 5.41) is 0. The predicted molar refractivity (Wildman–Crippen MR) is 36.4 cm³/mol. The first-order valence-corrected chi connectivity index (χ1v) is 3.42. The zero-order chi connectivity index (χ0) is 9.19. The first-order chi connectivity index (χ1) is 5.54. The standard InChI is InChI=1S/C7H7F3N2/c1-2-6-11-3-5(4-12-6)7(8,9)10/h3-4H,2H2,1H3. The fraction of sp³-hybridized carbons (Fsp3) is 0.429. The molecule has 12 heavy (non-hydrogen) atoms. The molecule has 0 N–H and O–H groups in total. The van der Waals surface area contributed by atoms with E-state index in [0.29, 0.717) is 12.2 Å². The molecule has 0 aromatic carbocycles. The minimum Gasteiger partial charge on any atom is -0.241 e. The molecule has 0 amide bonds. The van der Waals surface area contributed by atoms with Crippen LogP contribution in [0.4, 0.5) is 13.2 Å². The first kappa shape index (κ1) is 8.96. The lowest BCUT2D eigenvalue weighted by molar-refractivity contribution is -0.138. The van der Waals surface area contributed by atoms with E-state index in [0.717, 1.165) is 12.4 Å². The number of aryl methyl sites for hydroxylation is 1. The highest BCUT2D eigenvalue weighted by molar-refractivity contribution is 5.08. The van der Waals surface area contributed by atoms with Gasteiger partial charge in [-0.1, -0.05) is 6.92 Å². The van der Waals surface area contributed by atoms with Crippen molar-refractivity contribution < 1.29 is 13.2 Å². The van der Waals surface area contributed by atoms with E-state index in [-0.39, 0.29) is 0 Å². The monoisotopic (exact) mass is 176 g/mol. The molecule has 0 unspecified atom stereocenters. The lowest BCUT2D eigenvalue weighted by Gasteiger charge is -2.04. The second-order valence-corrected chi connectivity index (χ2v) is 2.24. The quantitative estimate of drug-likeness (QED) is 0.654. The van der Waals surface area contributed by atoms with Gasteiger partial charge in [-0.25, -0.2) is 9.97 Å². The van der Waals surface area contributed by atoms with Crippen LogP contribution in [-0.4, -0.2) is 9.97 Å². The maximum absolute atomic E-state index is 11.9. The number of nitrogens with zero attached hydrogens (tertiary/aromatic N) is 2. The third-order valence-corrected chi connectivity index (χ3v) is 1.35. The van der Waals surface area contributed by atoms with Gasteiger partial charge in [-0.3, -0.25) is 0 Å². The largest absolute Gasteiger partial charge is 0.419 e. The van der Waals surface area contributed by atoms with Crippen LogP contribution in [-0.2, 0) is 12.6 Å². The van der Waals surface area contributed by atoms with Gasteiger partial charge in [0, 0.05) is 18.8 Å². The zero-order valence-electron chi connectivity index (χ0n) is 6.39. The molecule has 0 radical (unpaired) electrons. The van der Waals surface area contributed by atoms with E-state index >= 15 is 0 Å². The average Bonchev–Trinajstić information content (AvgIpc) is 2.03. The van der Waals surface area contributed by atoms with E-state index in [9.17, 15) is 13.2 Å². The van der Waals surface area contributed by atoms with E-state index in [1.54, 1.807) is 6.92 Å². The van der Waals surface area contributed by atoms with Crippen molar-refractivity contribution in [3.8, 4) is 0 Å². The van der Waals surface area contributed by atoms with Crippen LogP contribution < -0.4 is 0 Å². The number of hydrogen-bond donors (Lipinski definition) is 0. The molecule has 0 atom stereocenters. The highest BCUT2D eigenvalue weighted by Gasteiger charge is 2.31. The first-order valence-electron chi connectivity index (χ1n) is 3.42. The van der Waals surface area contributed by atoms with Gasteiger partial charge in [-0.15, -0.1) is 0 Å². The zero-order valence-corrected chi connectivity index (χ0v) is 6.39. The number of hydrogen-bond acceptors (Lipinski definition) is 2. The Morgan fingerprint density at radius 1 is 1.25 bits per heavy atom. The van der Waals surface area contributed by atoms with Crippen molar-refractivity contribution in [1.82, 2.24) is 9.97 Å². The van der Waals surface area contributed by atoms with Crippen LogP contribution >= 0.6 is 0 Å². The topological polar surface area (TPSA) is 25.8 Å². The van der Waals surface area contributed by atoms with Crippen LogP contribution in [0.25, 0.3) is 0 Å². The fourth-order valence-electron chi connectivity index (χ4n) is 0.684. The average molecular weight is 176 g/mol. The third-order valence-electron chi connectivity index (χ3n) is 1.35. The SMILES string of the molecule is CCc1ncc(C(F)(F)F)cn1. The molecule has 0 fully saturated rings. The second-order valence-electron chi connectivity index (χ2n) is 2.24. The van der Waals surface area contributed by atoms with E-state index in [1.807, 2.05) is 0 Å². The Labute approximate surface area is 67.5 Å². The molecule has 0 saturated heterocycles. The molecule has 2 nitrogen and oxygen atoms in total. The third kappa shape index (κ3) is 1.93. The molecule has 0 bridgehead atoms. The van der Waals surface area contributed by atoms with Gasteiger partial charge in [0.05, 0.1) is 5.56 Å². The van der Waals surface area contributed by atoms with Gasteiger partial charge in [0.15, 0.2) is 0 Å². The number of rotatable bonds is 1. The molecular formula is C7H7F3N2. The maximum atomic E-state index is 11.9. The highest BCUT2D eigenvalue weighted by Crippen LogP contribution is 2.27. The molecule has 1 aromatic heterocycles. The molecule has 5 heteroatoms. The van der Waals surface area contributed by atoms with Gasteiger partial charge in [0.25, 0.3) is 0 Å². The molecule has 66 valence electrons. The Morgan fingerprint density at radius 2 is 1.75 bits per heavy atom. The minimum absolute atomic E-state index is 0.419. The predicted octanol–water partition coefficient (Wildman–Crippen LogP) is 2.06. The van der Waals surface area contributed by atoms with Gasteiger partial charge in [-0.2, -0.15) is 13.2 Å². The fourth-order valence-corrected chi connectivity index (χ4v) is 0.684. The molecule has 0 aliphatic heterocycles. The molecule has 1 heterocycles. The Kier molecular flexibility index (Phi) is 2.30. The van der Waals surface area contributed by atoms with Crippen LogP contribution in [0, 0.1) is 0 Å². The van der Waals surface area contributed by atoms with E-state index in [2.05, 4.69) is 9.97 Å². The Hall–Kier alpha value is -1.13. The maximum Gasteiger partial charge on any atom is 0.419 e. The lowest BCUT2D eigenvalue weighted by atomic mass is 10.3. The molecular weight excluding hydrogens is 169 g/mol. The summed E-state index contributed by atoms with van der Waals surface area (Å²) in [5.74, 6) is 0.419. The number of aromatic nitrogens is 2. The van der Waals surface area contributed by atoms with Crippen molar-refractivity contribution in [2.45, 2.75) is 19.5 Å². The smallest absolute Gasteiger partial charge is 0.241 e. The summed E-state index contributed by atoms with van der Waals surface area (Å²) in [5.41, 5.74) is -0.806. The summed E-state index contributed by atoms with van der Waals surface area (Å²) in [6, 6.07) is 0. The van der Waals surface area contributed by atoms with Crippen molar-refractivity contribution in [2.75, 3.05) is 0 Å². The van der Waals surface area contributed by atoms with Crippen LogP contribution in [0.3, 0.4) is 0 Å². The van der Waals surface area contributed by atoms with Crippen molar-refractivity contribution in [2.24, 2.45) is 0 Å². The van der Waals surface area contributed by atoms with Gasteiger partial charge in [0.1, 0.15) is 5.82 Å². The summed E-state index contributed by atoms with van der Waals surface area (Å²) >= 11 is 0. The van der Waals surface area contributed by atoms with Crippen molar-refractivity contribution in [1.29, 1.82) is 0 Å². The summed E-state index contributed by atoms with van der Waals surface area (Å²) in [6.45, 7) is 1.78. The molecule has 1 aromatic rings. The molecule has 0 spiro atoms. The van der Waals surface area contributed by atoms with Crippen LogP contribution in [0.1, 0.15) is 18.3 Å². The Balaban J connectivity index is 2.93. The Morgan fingerprint density at radius 3 is 2.08 bits per heavy atom. The van der Waals surface area contributed by atoms with Crippen molar-refractivity contribution >= 4 is 0 Å². The molecule has 0 aliphatic carbocycles. The van der Waals surface area contributed by atoms with Crippen molar-refractivity contribution in [3.63, 3.8) is 0 Å². The van der Waals surface area contributed by atoms with Gasteiger partial charge < -0.3 is 0 Å². The van der Waals surface area contributed by atoms with E-state index < -0.39 is 11.7 Å². The van der Waals surface area contributed by atoms with Crippen LogP contribution in [0.5, 0.6) is 0 Å². The minimum atomic E-state index is -4.34. The van der Waals surface area contributed by atoms with Gasteiger partial charge in [0.2, 0.25) is 0 Å². The molecule has 0 saturated carbocycles. The normalized spacial score (nSPS) is 11.7. The van der Waals surface area contributed by atoms with Crippen molar-refractivity contribution in [3.05, 3.63) is 23.8 Å². The van der Waals surface area contributed by atoms with Gasteiger partial charge in [-0.05, 0) is 0 Å². The van der Waals surface area contributed by atoms with Crippen LogP contribution in [0.2, 0.25) is 0 Å². The summed E-state index contributed by atoms with van der Waals surface area (Å²) in [4.78, 5) is 7.07. The highest BCUT2D eigenvalue weighted by atomic mass is 19.4.